The van der Waals surface area contributed by atoms with E-state index in [2.05, 4.69) is 25.6 Å². The van der Waals surface area contributed by atoms with Crippen molar-refractivity contribution in [2.24, 2.45) is 5.92 Å². The van der Waals surface area contributed by atoms with Gasteiger partial charge in [-0.1, -0.05) is 26.0 Å². The lowest BCUT2D eigenvalue weighted by molar-refractivity contribution is -0.384. The third-order valence-electron chi connectivity index (χ3n) is 4.64. The van der Waals surface area contributed by atoms with Gasteiger partial charge in [0.2, 0.25) is 5.95 Å². The Kier molecular flexibility index (Phi) is 6.87. The lowest BCUT2D eigenvalue weighted by atomic mass is 10.1. The lowest BCUT2D eigenvalue weighted by Gasteiger charge is -2.20. The molecule has 9 nitrogen and oxygen atoms in total. The number of aliphatic hydroxyl groups is 1. The summed E-state index contributed by atoms with van der Waals surface area (Å²) in [6.07, 6.45) is 3.39. The van der Waals surface area contributed by atoms with Crippen molar-refractivity contribution < 1.29 is 10.0 Å². The van der Waals surface area contributed by atoms with Crippen molar-refractivity contribution in [3.05, 3.63) is 70.5 Å². The Labute approximate surface area is 174 Å². The SMILES string of the molecule is CC(C)[C@H](CO)Nc1nc(NCc2ccc([N+](=O)[O-])cc2)cc(-c2ccncc2)n1. The van der Waals surface area contributed by atoms with Gasteiger partial charge in [0.1, 0.15) is 5.82 Å². The molecule has 1 atom stereocenters. The van der Waals surface area contributed by atoms with E-state index in [0.717, 1.165) is 11.1 Å². The maximum Gasteiger partial charge on any atom is 0.269 e. The van der Waals surface area contributed by atoms with E-state index in [9.17, 15) is 15.2 Å². The summed E-state index contributed by atoms with van der Waals surface area (Å²) in [7, 11) is 0. The van der Waals surface area contributed by atoms with Crippen LogP contribution in [-0.4, -0.2) is 37.6 Å². The molecule has 0 unspecified atom stereocenters. The van der Waals surface area contributed by atoms with Crippen molar-refractivity contribution in [1.29, 1.82) is 0 Å². The highest BCUT2D eigenvalue weighted by Gasteiger charge is 2.15. The number of non-ortho nitro benzene ring substituents is 1. The fraction of sp³-hybridized carbons (Fsp3) is 0.286. The van der Waals surface area contributed by atoms with Crippen LogP contribution in [0.3, 0.4) is 0 Å². The van der Waals surface area contributed by atoms with Gasteiger partial charge in [-0.3, -0.25) is 15.1 Å². The summed E-state index contributed by atoms with van der Waals surface area (Å²) in [4.78, 5) is 23.5. The Morgan fingerprint density at radius 1 is 1.10 bits per heavy atom. The molecule has 0 spiro atoms. The minimum atomic E-state index is -0.424. The van der Waals surface area contributed by atoms with Crippen LogP contribution in [0.2, 0.25) is 0 Å². The van der Waals surface area contributed by atoms with Gasteiger partial charge in [-0.25, -0.2) is 4.98 Å². The van der Waals surface area contributed by atoms with Gasteiger partial charge in [0.15, 0.2) is 0 Å². The molecule has 0 fully saturated rings. The van der Waals surface area contributed by atoms with Crippen molar-refractivity contribution in [3.63, 3.8) is 0 Å². The van der Waals surface area contributed by atoms with Crippen LogP contribution in [0.5, 0.6) is 0 Å². The maximum atomic E-state index is 10.8. The second-order valence-electron chi connectivity index (χ2n) is 7.15. The minimum absolute atomic E-state index is 0.0356. The quantitative estimate of drug-likeness (QED) is 0.363. The average molecular weight is 408 g/mol. The van der Waals surface area contributed by atoms with Crippen molar-refractivity contribution >= 4 is 17.5 Å². The summed E-state index contributed by atoms with van der Waals surface area (Å²) in [6.45, 7) is 4.42. The van der Waals surface area contributed by atoms with E-state index in [0.29, 0.717) is 24.0 Å². The van der Waals surface area contributed by atoms with E-state index in [4.69, 9.17) is 0 Å². The topological polar surface area (TPSA) is 126 Å². The predicted molar refractivity (Wildman–Crippen MR) is 115 cm³/mol. The molecule has 3 aromatic rings. The summed E-state index contributed by atoms with van der Waals surface area (Å²) >= 11 is 0. The van der Waals surface area contributed by atoms with Crippen molar-refractivity contribution in [3.8, 4) is 11.3 Å². The molecule has 0 aliphatic heterocycles. The molecule has 3 rings (SSSR count). The molecule has 30 heavy (non-hydrogen) atoms. The highest BCUT2D eigenvalue weighted by Crippen LogP contribution is 2.22. The molecule has 156 valence electrons. The number of hydrogen-bond acceptors (Lipinski definition) is 8. The molecule has 1 aromatic carbocycles. The molecule has 3 N–H and O–H groups in total. The van der Waals surface area contributed by atoms with Crippen molar-refractivity contribution in [1.82, 2.24) is 15.0 Å². The van der Waals surface area contributed by atoms with E-state index in [1.54, 1.807) is 24.5 Å². The van der Waals surface area contributed by atoms with Gasteiger partial charge in [0, 0.05) is 42.7 Å². The second kappa shape index (κ2) is 9.75. The number of anilines is 2. The summed E-state index contributed by atoms with van der Waals surface area (Å²) < 4.78 is 0. The number of nitro benzene ring substituents is 1. The van der Waals surface area contributed by atoms with E-state index < -0.39 is 4.92 Å². The van der Waals surface area contributed by atoms with Gasteiger partial charge in [-0.2, -0.15) is 4.98 Å². The van der Waals surface area contributed by atoms with Crippen LogP contribution in [0.15, 0.2) is 54.9 Å². The number of rotatable bonds is 9. The normalized spacial score (nSPS) is 11.9. The molecule has 0 saturated heterocycles. The van der Waals surface area contributed by atoms with Crippen LogP contribution >= 0.6 is 0 Å². The molecular formula is C21H24N6O3. The molecule has 0 aliphatic rings. The largest absolute Gasteiger partial charge is 0.394 e. The Morgan fingerprint density at radius 3 is 2.40 bits per heavy atom. The van der Waals surface area contributed by atoms with Crippen molar-refractivity contribution in [2.75, 3.05) is 17.2 Å². The Hall–Kier alpha value is -3.59. The van der Waals surface area contributed by atoms with Gasteiger partial charge >= 0.3 is 0 Å². The Balaban J connectivity index is 1.84. The standard InChI is InChI=1S/C21H24N6O3/c1-14(2)19(13-28)25-21-24-18(16-7-9-22-10-8-16)11-20(26-21)23-12-15-3-5-17(6-4-15)27(29)30/h3-11,14,19,28H,12-13H2,1-2H3,(H2,23,24,25,26)/t19-/m0/s1. The smallest absolute Gasteiger partial charge is 0.269 e. The van der Waals surface area contributed by atoms with Gasteiger partial charge < -0.3 is 15.7 Å². The van der Waals surface area contributed by atoms with Crippen LogP contribution in [0.1, 0.15) is 19.4 Å². The van der Waals surface area contributed by atoms with Crippen LogP contribution in [0.4, 0.5) is 17.5 Å². The molecule has 2 heterocycles. The second-order valence-corrected chi connectivity index (χ2v) is 7.15. The van der Waals surface area contributed by atoms with Crippen LogP contribution in [-0.2, 0) is 6.54 Å². The van der Waals surface area contributed by atoms with E-state index in [-0.39, 0.29) is 24.3 Å². The number of nitro groups is 1. The monoisotopic (exact) mass is 408 g/mol. The minimum Gasteiger partial charge on any atom is -0.394 e. The van der Waals surface area contributed by atoms with Gasteiger partial charge in [-0.15, -0.1) is 0 Å². The zero-order chi connectivity index (χ0) is 21.5. The molecule has 0 aliphatic carbocycles. The molecule has 0 amide bonds. The molecule has 9 heteroatoms. The number of hydrogen-bond donors (Lipinski definition) is 3. The number of benzene rings is 1. The van der Waals surface area contributed by atoms with E-state index >= 15 is 0 Å². The molecular weight excluding hydrogens is 384 g/mol. The zero-order valence-corrected chi connectivity index (χ0v) is 16.8. The van der Waals surface area contributed by atoms with Gasteiger partial charge in [0.25, 0.3) is 5.69 Å². The van der Waals surface area contributed by atoms with Crippen molar-refractivity contribution in [2.45, 2.75) is 26.4 Å². The third kappa shape index (κ3) is 5.48. The van der Waals surface area contributed by atoms with Crippen LogP contribution in [0, 0.1) is 16.0 Å². The molecule has 2 aromatic heterocycles. The number of pyridine rings is 1. The third-order valence-corrected chi connectivity index (χ3v) is 4.64. The fourth-order valence-electron chi connectivity index (χ4n) is 2.79. The first-order valence-corrected chi connectivity index (χ1v) is 9.60. The predicted octanol–water partition coefficient (Wildman–Crippen LogP) is 3.49. The first-order chi connectivity index (χ1) is 14.5. The lowest BCUT2D eigenvalue weighted by Crippen LogP contribution is -2.30. The number of aromatic nitrogens is 3. The highest BCUT2D eigenvalue weighted by atomic mass is 16.6. The average Bonchev–Trinajstić information content (AvgIpc) is 2.76. The number of nitrogens with one attached hydrogen (secondary N) is 2. The summed E-state index contributed by atoms with van der Waals surface area (Å²) in [5.41, 5.74) is 2.53. The number of aliphatic hydroxyl groups excluding tert-OH is 1. The Bertz CT molecular complexity index is 980. The van der Waals surface area contributed by atoms with E-state index in [1.165, 1.54) is 12.1 Å². The first kappa shape index (κ1) is 21.1. The highest BCUT2D eigenvalue weighted by molar-refractivity contribution is 5.64. The number of nitrogens with zero attached hydrogens (tertiary/aromatic N) is 4. The molecule has 0 radical (unpaired) electrons. The van der Waals surface area contributed by atoms with Gasteiger partial charge in [0.05, 0.1) is 23.3 Å². The van der Waals surface area contributed by atoms with Gasteiger partial charge in [-0.05, 0) is 23.6 Å². The first-order valence-electron chi connectivity index (χ1n) is 9.60. The summed E-state index contributed by atoms with van der Waals surface area (Å²) in [5.74, 6) is 1.20. The fourth-order valence-corrected chi connectivity index (χ4v) is 2.79. The zero-order valence-electron chi connectivity index (χ0n) is 16.8. The maximum absolute atomic E-state index is 10.8. The summed E-state index contributed by atoms with van der Waals surface area (Å²) in [6, 6.07) is 11.7. The van der Waals surface area contributed by atoms with E-state index in [1.807, 2.05) is 32.0 Å². The molecule has 0 saturated carbocycles. The molecule has 0 bridgehead atoms. The van der Waals surface area contributed by atoms with Crippen LogP contribution < -0.4 is 10.6 Å². The summed E-state index contributed by atoms with van der Waals surface area (Å²) in [5, 5.41) is 26.9. The Morgan fingerprint density at radius 2 is 1.80 bits per heavy atom. The van der Waals surface area contributed by atoms with Crippen LogP contribution in [0.25, 0.3) is 11.3 Å².